The second-order valence-electron chi connectivity index (χ2n) is 3.09. The molecule has 0 amide bonds. The molecule has 0 saturated carbocycles. The molecule has 0 atom stereocenters. The van der Waals surface area contributed by atoms with Crippen molar-refractivity contribution < 1.29 is 22.8 Å². The summed E-state index contributed by atoms with van der Waals surface area (Å²) >= 11 is 2.73. The number of hydrogen-bond acceptors (Lipinski definition) is 2. The molecule has 86 valence electrons. The number of alkyl halides is 3. The molecule has 6 heteroatoms. The van der Waals surface area contributed by atoms with Crippen LogP contribution in [0.15, 0.2) is 16.6 Å². The van der Waals surface area contributed by atoms with Crippen LogP contribution in [0.3, 0.4) is 0 Å². The molecule has 0 bridgehead atoms. The van der Waals surface area contributed by atoms with Crippen molar-refractivity contribution in [3.8, 4) is 0 Å². The molecule has 1 aromatic carbocycles. The molecule has 16 heavy (non-hydrogen) atoms. The van der Waals surface area contributed by atoms with Crippen LogP contribution < -0.4 is 0 Å². The average molecular weight is 295 g/mol. The third kappa shape index (κ3) is 2.49. The second kappa shape index (κ2) is 4.37. The molecular weight excluding hydrogens is 289 g/mol. The Bertz CT molecular complexity index is 452. The van der Waals surface area contributed by atoms with Crippen LogP contribution in [0.5, 0.6) is 0 Å². The Kier molecular flexibility index (Phi) is 3.52. The van der Waals surface area contributed by atoms with E-state index in [-0.39, 0.29) is 21.9 Å². The van der Waals surface area contributed by atoms with Crippen molar-refractivity contribution >= 4 is 28.0 Å². The molecule has 0 aliphatic heterocycles. The van der Waals surface area contributed by atoms with E-state index in [0.29, 0.717) is 6.07 Å². The van der Waals surface area contributed by atoms with E-state index in [1.54, 1.807) is 0 Å². The summed E-state index contributed by atoms with van der Waals surface area (Å²) in [5.41, 5.74) is -1.27. The van der Waals surface area contributed by atoms with Crippen molar-refractivity contribution in [3.05, 3.63) is 33.3 Å². The van der Waals surface area contributed by atoms with Crippen LogP contribution in [0.2, 0.25) is 0 Å². The lowest BCUT2D eigenvalue weighted by Crippen LogP contribution is -2.09. The molecule has 0 spiro atoms. The maximum atomic E-state index is 12.5. The van der Waals surface area contributed by atoms with Gasteiger partial charge in [0.1, 0.15) is 0 Å². The van der Waals surface area contributed by atoms with Gasteiger partial charge in [0.15, 0.2) is 12.1 Å². The van der Waals surface area contributed by atoms with Gasteiger partial charge in [-0.25, -0.2) is 0 Å². The molecule has 2 nitrogen and oxygen atoms in total. The molecule has 0 saturated heterocycles. The molecular formula is C10H6BrF3O2. The first-order chi connectivity index (χ1) is 7.27. The summed E-state index contributed by atoms with van der Waals surface area (Å²) in [5, 5.41) is 0. The first kappa shape index (κ1) is 12.9. The van der Waals surface area contributed by atoms with E-state index in [1.165, 1.54) is 6.92 Å². The van der Waals surface area contributed by atoms with E-state index in [9.17, 15) is 22.8 Å². The van der Waals surface area contributed by atoms with Crippen molar-refractivity contribution in [2.45, 2.75) is 13.1 Å². The zero-order valence-corrected chi connectivity index (χ0v) is 9.65. The largest absolute Gasteiger partial charge is 0.417 e. The highest BCUT2D eigenvalue weighted by atomic mass is 79.9. The fraction of sp³-hybridized carbons (Fsp3) is 0.200. The van der Waals surface area contributed by atoms with Crippen LogP contribution in [0.25, 0.3) is 0 Å². The van der Waals surface area contributed by atoms with Crippen LogP contribution >= 0.6 is 15.9 Å². The number of halogens is 4. The van der Waals surface area contributed by atoms with Gasteiger partial charge in [0.05, 0.1) is 5.56 Å². The summed E-state index contributed by atoms with van der Waals surface area (Å²) in [5.74, 6) is -0.462. The highest BCUT2D eigenvalue weighted by Crippen LogP contribution is 2.36. The minimum atomic E-state index is -4.56. The normalized spacial score (nSPS) is 11.3. The molecule has 0 aliphatic carbocycles. The number of carbonyl (C=O) groups excluding carboxylic acids is 2. The van der Waals surface area contributed by atoms with E-state index in [4.69, 9.17) is 0 Å². The van der Waals surface area contributed by atoms with Crippen LogP contribution in [0, 0.1) is 0 Å². The fourth-order valence-electron chi connectivity index (χ4n) is 1.21. The van der Waals surface area contributed by atoms with Gasteiger partial charge in [-0.05, 0) is 19.1 Å². The first-order valence-electron chi connectivity index (χ1n) is 4.14. The van der Waals surface area contributed by atoms with E-state index in [0.717, 1.165) is 6.07 Å². The first-order valence-corrected chi connectivity index (χ1v) is 4.93. The van der Waals surface area contributed by atoms with Crippen LogP contribution in [0.1, 0.15) is 33.2 Å². The quantitative estimate of drug-likeness (QED) is 0.618. The summed E-state index contributed by atoms with van der Waals surface area (Å²) in [6.45, 7) is 1.18. The highest BCUT2D eigenvalue weighted by Gasteiger charge is 2.34. The van der Waals surface area contributed by atoms with Gasteiger partial charge in [-0.2, -0.15) is 13.2 Å². The number of ketones is 1. The lowest BCUT2D eigenvalue weighted by Gasteiger charge is -2.11. The van der Waals surface area contributed by atoms with Crippen LogP contribution in [-0.2, 0) is 6.18 Å². The Morgan fingerprint density at radius 2 is 1.94 bits per heavy atom. The third-order valence-electron chi connectivity index (χ3n) is 1.95. The molecule has 0 unspecified atom stereocenters. The van der Waals surface area contributed by atoms with E-state index < -0.39 is 17.5 Å². The van der Waals surface area contributed by atoms with Gasteiger partial charge in [-0.15, -0.1) is 0 Å². The predicted molar refractivity (Wildman–Crippen MR) is 54.5 cm³/mol. The molecule has 0 aromatic heterocycles. The predicted octanol–water partition coefficient (Wildman–Crippen LogP) is 3.48. The summed E-state index contributed by atoms with van der Waals surface area (Å²) in [6, 6.07) is 1.67. The maximum Gasteiger partial charge on any atom is 0.417 e. The molecule has 1 rings (SSSR count). The second-order valence-corrected chi connectivity index (χ2v) is 3.95. The number of Topliss-reactive ketones (excluding diaryl/α,β-unsaturated/α-hetero) is 1. The smallest absolute Gasteiger partial charge is 0.298 e. The average Bonchev–Trinajstić information content (AvgIpc) is 2.15. The van der Waals surface area contributed by atoms with Crippen molar-refractivity contribution in [2.24, 2.45) is 0 Å². The SMILES string of the molecule is CC(=O)c1cc(Br)c(C(F)(F)F)cc1C=O. The lowest BCUT2D eigenvalue weighted by molar-refractivity contribution is -0.138. The zero-order valence-electron chi connectivity index (χ0n) is 8.06. The maximum absolute atomic E-state index is 12.5. The van der Waals surface area contributed by atoms with Gasteiger partial charge in [0.2, 0.25) is 0 Å². The van der Waals surface area contributed by atoms with Gasteiger partial charge in [-0.1, -0.05) is 15.9 Å². The summed E-state index contributed by atoms with van der Waals surface area (Å²) in [6.07, 6.45) is -4.33. The molecule has 0 radical (unpaired) electrons. The topological polar surface area (TPSA) is 34.1 Å². The highest BCUT2D eigenvalue weighted by molar-refractivity contribution is 9.10. The summed E-state index contributed by atoms with van der Waals surface area (Å²) < 4.78 is 37.1. The van der Waals surface area contributed by atoms with Crippen molar-refractivity contribution in [2.75, 3.05) is 0 Å². The van der Waals surface area contributed by atoms with Crippen molar-refractivity contribution in [1.29, 1.82) is 0 Å². The Morgan fingerprint density at radius 3 is 2.31 bits per heavy atom. The minimum Gasteiger partial charge on any atom is -0.298 e. The molecule has 0 fully saturated rings. The summed E-state index contributed by atoms with van der Waals surface area (Å²) in [4.78, 5) is 21.7. The zero-order chi connectivity index (χ0) is 12.5. The molecule has 0 aliphatic rings. The van der Waals surface area contributed by atoms with E-state index in [2.05, 4.69) is 15.9 Å². The van der Waals surface area contributed by atoms with Crippen LogP contribution in [-0.4, -0.2) is 12.1 Å². The lowest BCUT2D eigenvalue weighted by atomic mass is 10.0. The Balaban J connectivity index is 3.49. The minimum absolute atomic E-state index is 0.0325. The van der Waals surface area contributed by atoms with Gasteiger partial charge in [0, 0.05) is 15.6 Å². The van der Waals surface area contributed by atoms with Gasteiger partial charge in [-0.3, -0.25) is 9.59 Å². The third-order valence-corrected chi connectivity index (χ3v) is 2.61. The number of rotatable bonds is 2. The number of hydrogen-bond donors (Lipinski definition) is 0. The fourth-order valence-corrected chi connectivity index (χ4v) is 1.78. The van der Waals surface area contributed by atoms with E-state index in [1.807, 2.05) is 0 Å². The number of aldehydes is 1. The Hall–Kier alpha value is -1.17. The van der Waals surface area contributed by atoms with Crippen LogP contribution in [0.4, 0.5) is 13.2 Å². The Labute approximate surface area is 97.6 Å². The van der Waals surface area contributed by atoms with Crippen molar-refractivity contribution in [3.63, 3.8) is 0 Å². The molecule has 0 N–H and O–H groups in total. The number of carbonyl (C=O) groups is 2. The molecule has 0 heterocycles. The number of benzene rings is 1. The summed E-state index contributed by atoms with van der Waals surface area (Å²) in [7, 11) is 0. The van der Waals surface area contributed by atoms with E-state index >= 15 is 0 Å². The van der Waals surface area contributed by atoms with Gasteiger partial charge >= 0.3 is 6.18 Å². The Morgan fingerprint density at radius 1 is 1.38 bits per heavy atom. The van der Waals surface area contributed by atoms with Gasteiger partial charge in [0.25, 0.3) is 0 Å². The van der Waals surface area contributed by atoms with Crippen molar-refractivity contribution in [1.82, 2.24) is 0 Å². The molecule has 1 aromatic rings. The monoisotopic (exact) mass is 294 g/mol. The van der Waals surface area contributed by atoms with Gasteiger partial charge < -0.3 is 0 Å². The standard InChI is InChI=1S/C10H6BrF3O2/c1-5(16)7-3-9(11)8(10(12,13)14)2-6(7)4-15/h2-4H,1H3.